The highest BCUT2D eigenvalue weighted by Gasteiger charge is 2.33. The minimum Gasteiger partial charge on any atom is -0.377 e. The predicted molar refractivity (Wildman–Crippen MR) is 50.4 cm³/mol. The third kappa shape index (κ3) is 2.09. The summed E-state index contributed by atoms with van der Waals surface area (Å²) in [6.45, 7) is 0. The Morgan fingerprint density at radius 3 is 2.38 bits per heavy atom. The quantitative estimate of drug-likeness (QED) is 0.625. The van der Waals surface area contributed by atoms with E-state index in [-0.39, 0.29) is 0 Å². The molecule has 0 aliphatic carbocycles. The van der Waals surface area contributed by atoms with Crippen molar-refractivity contribution in [3.63, 3.8) is 0 Å². The molecule has 0 radical (unpaired) electrons. The molecule has 6 nitrogen and oxygen atoms in total. The van der Waals surface area contributed by atoms with Gasteiger partial charge in [-0.15, -0.1) is 0 Å². The van der Waals surface area contributed by atoms with Crippen molar-refractivity contribution in [2.45, 2.75) is 0 Å². The Balaban J connectivity index is 2.70. The fourth-order valence-corrected chi connectivity index (χ4v) is 3.74. The first kappa shape index (κ1) is 11.1. The Bertz CT molecular complexity index is 633. The van der Waals surface area contributed by atoms with Crippen LogP contribution in [0.5, 0.6) is 11.5 Å². The Kier molecular flexibility index (Phi) is 2.31. The number of hydrogen-bond acceptors (Lipinski definition) is 6. The normalized spacial score (nSPS) is 21.1. The van der Waals surface area contributed by atoms with Gasteiger partial charge in [-0.3, -0.25) is 0 Å². The summed E-state index contributed by atoms with van der Waals surface area (Å²) in [6, 6.07) is 3.19. The minimum absolute atomic E-state index is 0.485. The van der Waals surface area contributed by atoms with Crippen LogP contribution >= 0.6 is 0 Å². The van der Waals surface area contributed by atoms with Crippen LogP contribution in [0.2, 0.25) is 0 Å². The zero-order valence-electron chi connectivity index (χ0n) is 7.58. The van der Waals surface area contributed by atoms with Gasteiger partial charge in [0.25, 0.3) is 0 Å². The molecular weight excluding hydrogens is 263 g/mol. The number of hydrogen-bond donors (Lipinski definition) is 0. The van der Waals surface area contributed by atoms with Crippen LogP contribution in [0.1, 0.15) is 0 Å². The van der Waals surface area contributed by atoms with Crippen LogP contribution in [0.3, 0.4) is 0 Å². The van der Waals surface area contributed by atoms with E-state index in [1.165, 1.54) is 6.07 Å². The van der Waals surface area contributed by atoms with E-state index in [0.29, 0.717) is 0 Å². The Morgan fingerprint density at radius 1 is 1.06 bits per heavy atom. The van der Waals surface area contributed by atoms with E-state index in [4.69, 9.17) is 0 Å². The lowest BCUT2D eigenvalue weighted by Crippen LogP contribution is -2.21. The van der Waals surface area contributed by atoms with Gasteiger partial charge in [-0.1, -0.05) is 6.07 Å². The summed E-state index contributed by atoms with van der Waals surface area (Å²) in [5.74, 6) is -2.25. The van der Waals surface area contributed by atoms with Crippen molar-refractivity contribution < 1.29 is 29.6 Å². The number of rotatable bonds is 0. The Labute approximate surface area is 90.9 Å². The van der Waals surface area contributed by atoms with Crippen LogP contribution in [0.25, 0.3) is 0 Å². The molecule has 1 aromatic carbocycles. The summed E-state index contributed by atoms with van der Waals surface area (Å²) in [4.78, 5) is 0. The first-order valence-corrected chi connectivity index (χ1v) is 7.07. The molecule has 16 heavy (non-hydrogen) atoms. The maximum absolute atomic E-state index is 13.2. The molecule has 0 N–H and O–H groups in total. The number of para-hydroxylation sites is 1. The van der Waals surface area contributed by atoms with Gasteiger partial charge in [-0.2, -0.15) is 16.8 Å². The highest BCUT2D eigenvalue weighted by atomic mass is 32.3. The van der Waals surface area contributed by atoms with Gasteiger partial charge < -0.3 is 8.37 Å². The predicted octanol–water partition coefficient (Wildman–Crippen LogP) is 0.214. The van der Waals surface area contributed by atoms with Crippen LogP contribution in [-0.4, -0.2) is 21.9 Å². The SMILES string of the molecule is O=S1(=O)CS(=O)(=O)Oc2c(F)cccc2O1. The molecule has 1 aliphatic rings. The lowest BCUT2D eigenvalue weighted by Gasteiger charge is -2.04. The number of fused-ring (bicyclic) bond motifs is 1. The van der Waals surface area contributed by atoms with E-state index < -0.39 is 42.6 Å². The van der Waals surface area contributed by atoms with Crippen LogP contribution in [0.15, 0.2) is 18.2 Å². The first-order chi connectivity index (χ1) is 7.29. The molecule has 0 saturated carbocycles. The minimum atomic E-state index is -4.42. The molecule has 0 spiro atoms. The summed E-state index contributed by atoms with van der Waals surface area (Å²) in [5.41, 5.74) is 0. The van der Waals surface area contributed by atoms with Gasteiger partial charge in [0.05, 0.1) is 0 Å². The highest BCUT2D eigenvalue weighted by Crippen LogP contribution is 2.34. The third-order valence-corrected chi connectivity index (χ3v) is 4.81. The van der Waals surface area contributed by atoms with Crippen molar-refractivity contribution in [3.05, 3.63) is 24.0 Å². The van der Waals surface area contributed by atoms with Crippen molar-refractivity contribution in [2.24, 2.45) is 0 Å². The van der Waals surface area contributed by atoms with E-state index >= 15 is 0 Å². The van der Waals surface area contributed by atoms with Crippen LogP contribution < -0.4 is 8.37 Å². The molecule has 88 valence electrons. The molecular formula is C7H5FO6S2. The van der Waals surface area contributed by atoms with Crippen molar-refractivity contribution in [1.29, 1.82) is 0 Å². The van der Waals surface area contributed by atoms with Gasteiger partial charge in [-0.05, 0) is 12.1 Å². The zero-order valence-corrected chi connectivity index (χ0v) is 9.22. The average Bonchev–Trinajstić information content (AvgIpc) is 2.17. The number of halogens is 1. The number of benzene rings is 1. The van der Waals surface area contributed by atoms with E-state index in [9.17, 15) is 21.2 Å². The third-order valence-electron chi connectivity index (χ3n) is 1.65. The molecule has 9 heteroatoms. The highest BCUT2D eigenvalue weighted by molar-refractivity contribution is 8.04. The lowest BCUT2D eigenvalue weighted by molar-refractivity contribution is 0.448. The first-order valence-electron chi connectivity index (χ1n) is 3.92. The topological polar surface area (TPSA) is 86.7 Å². The summed E-state index contributed by atoms with van der Waals surface area (Å²) in [7, 11) is -8.75. The molecule has 1 aromatic rings. The van der Waals surface area contributed by atoms with Gasteiger partial charge in [0.2, 0.25) is 10.8 Å². The summed E-state index contributed by atoms with van der Waals surface area (Å²) in [5, 5.41) is -1.35. The van der Waals surface area contributed by atoms with E-state index in [2.05, 4.69) is 8.37 Å². The van der Waals surface area contributed by atoms with E-state index in [1.54, 1.807) is 0 Å². The monoisotopic (exact) mass is 268 g/mol. The standard InChI is InChI=1S/C7H5FO6S2/c8-5-2-1-3-6-7(5)14-16(11,12)4-15(9,10)13-6/h1-3H,4H2. The zero-order chi connectivity index (χ0) is 12.0. The molecule has 2 rings (SSSR count). The molecule has 0 atom stereocenters. The van der Waals surface area contributed by atoms with Gasteiger partial charge in [0, 0.05) is 0 Å². The Morgan fingerprint density at radius 2 is 1.69 bits per heavy atom. The van der Waals surface area contributed by atoms with Crippen LogP contribution in [0, 0.1) is 5.82 Å². The maximum Gasteiger partial charge on any atom is 0.327 e. The van der Waals surface area contributed by atoms with Gasteiger partial charge in [-0.25, -0.2) is 4.39 Å². The molecule has 1 heterocycles. The van der Waals surface area contributed by atoms with E-state index in [0.717, 1.165) is 12.1 Å². The van der Waals surface area contributed by atoms with Crippen molar-refractivity contribution in [3.8, 4) is 11.5 Å². The molecule has 0 aromatic heterocycles. The van der Waals surface area contributed by atoms with E-state index in [1.807, 2.05) is 0 Å². The summed E-state index contributed by atoms with van der Waals surface area (Å²) in [6.07, 6.45) is 0. The molecule has 0 saturated heterocycles. The summed E-state index contributed by atoms with van der Waals surface area (Å²) < 4.78 is 66.5. The molecule has 0 bridgehead atoms. The van der Waals surface area contributed by atoms with Gasteiger partial charge in [0.1, 0.15) is 0 Å². The van der Waals surface area contributed by atoms with Crippen molar-refractivity contribution in [1.82, 2.24) is 0 Å². The molecule has 0 amide bonds. The van der Waals surface area contributed by atoms with Crippen LogP contribution in [-0.2, 0) is 20.2 Å². The van der Waals surface area contributed by atoms with Crippen molar-refractivity contribution >= 4 is 20.2 Å². The largest absolute Gasteiger partial charge is 0.377 e. The molecule has 0 unspecified atom stereocenters. The smallest absolute Gasteiger partial charge is 0.327 e. The Hall–Kier alpha value is -1.35. The van der Waals surface area contributed by atoms with Crippen LogP contribution in [0.4, 0.5) is 4.39 Å². The van der Waals surface area contributed by atoms with Gasteiger partial charge >= 0.3 is 20.2 Å². The molecule has 0 fully saturated rings. The lowest BCUT2D eigenvalue weighted by atomic mass is 10.3. The average molecular weight is 268 g/mol. The second-order valence-corrected chi connectivity index (χ2v) is 6.47. The fourth-order valence-electron chi connectivity index (χ4n) is 1.12. The van der Waals surface area contributed by atoms with Crippen molar-refractivity contribution in [2.75, 3.05) is 5.08 Å². The maximum atomic E-state index is 13.2. The fraction of sp³-hybridized carbons (Fsp3) is 0.143. The molecule has 1 aliphatic heterocycles. The summed E-state index contributed by atoms with van der Waals surface area (Å²) >= 11 is 0. The second-order valence-electron chi connectivity index (χ2n) is 2.97. The second kappa shape index (κ2) is 3.32. The van der Waals surface area contributed by atoms with Gasteiger partial charge in [0.15, 0.2) is 11.6 Å².